The monoisotopic (exact) mass is 511 g/mol. The molecule has 2 heterocycles. The number of halogens is 1. The average Bonchev–Trinajstić information content (AvgIpc) is 3.32. The number of aliphatic carboxylic acids is 1. The number of hydrazone groups is 1. The predicted octanol–water partition coefficient (Wildman–Crippen LogP) is 3.65. The summed E-state index contributed by atoms with van der Waals surface area (Å²) in [6.07, 6.45) is -0.189. The van der Waals surface area contributed by atoms with E-state index in [4.69, 9.17) is 16.7 Å². The zero-order valence-electron chi connectivity index (χ0n) is 20.1. The van der Waals surface area contributed by atoms with E-state index in [0.717, 1.165) is 22.0 Å². The first-order chi connectivity index (χ1) is 17.8. The number of carbonyl (C=O) groups is 2. The molecule has 3 aromatic carbocycles. The fourth-order valence-electron chi connectivity index (χ4n) is 4.71. The lowest BCUT2D eigenvalue weighted by atomic mass is 9.89. The molecular formula is C28H23BClN3O4. The molecular weight excluding hydrogens is 489 g/mol. The minimum Gasteiger partial charge on any atom is -0.481 e. The number of nitrogens with zero attached hydrogens (tertiary/aromatic N) is 2. The zero-order valence-corrected chi connectivity index (χ0v) is 20.8. The van der Waals surface area contributed by atoms with Crippen molar-refractivity contribution in [3.05, 3.63) is 99.3 Å². The van der Waals surface area contributed by atoms with Gasteiger partial charge in [-0.2, -0.15) is 5.10 Å². The highest BCUT2D eigenvalue weighted by atomic mass is 35.5. The van der Waals surface area contributed by atoms with Crippen LogP contribution in [0.4, 0.5) is 0 Å². The summed E-state index contributed by atoms with van der Waals surface area (Å²) in [4.78, 5) is 40.7. The van der Waals surface area contributed by atoms with Crippen molar-refractivity contribution in [2.45, 2.75) is 25.3 Å². The standard InChI is InChI=1S/C28H23BClN3O4/c29-18-8-6-16(7-9-18)23-15-22(32-33(23)24(34)12-13-25(35)36)27-26(17-4-2-1-3-5-17)20-14-19(30)10-11-21(20)31-28(27)37/h1-11,14,23H,12-13,15,29H2,(H,31,37)(H,35,36). The fourth-order valence-corrected chi connectivity index (χ4v) is 4.89. The first kappa shape index (κ1) is 24.5. The number of benzene rings is 3. The van der Waals surface area contributed by atoms with Crippen LogP contribution in [0.15, 0.2) is 82.7 Å². The van der Waals surface area contributed by atoms with Gasteiger partial charge in [-0.3, -0.25) is 14.4 Å². The van der Waals surface area contributed by atoms with Crippen LogP contribution >= 0.6 is 11.6 Å². The van der Waals surface area contributed by atoms with Gasteiger partial charge in [0.25, 0.3) is 5.56 Å². The van der Waals surface area contributed by atoms with Gasteiger partial charge in [0.1, 0.15) is 7.85 Å². The third kappa shape index (κ3) is 4.93. The van der Waals surface area contributed by atoms with Gasteiger partial charge in [0.05, 0.1) is 23.7 Å². The Labute approximate surface area is 218 Å². The Morgan fingerprint density at radius 1 is 1.03 bits per heavy atom. The van der Waals surface area contributed by atoms with Crippen LogP contribution in [0, 0.1) is 0 Å². The lowest BCUT2D eigenvalue weighted by molar-refractivity contribution is -0.141. The zero-order chi connectivity index (χ0) is 26.1. The summed E-state index contributed by atoms with van der Waals surface area (Å²) >= 11 is 6.35. The van der Waals surface area contributed by atoms with Crippen molar-refractivity contribution in [3.8, 4) is 11.1 Å². The van der Waals surface area contributed by atoms with Crippen molar-refractivity contribution in [2.75, 3.05) is 0 Å². The van der Waals surface area contributed by atoms with Gasteiger partial charge < -0.3 is 10.1 Å². The fraction of sp³-hybridized carbons (Fsp3) is 0.143. The van der Waals surface area contributed by atoms with Gasteiger partial charge >= 0.3 is 5.97 Å². The minimum absolute atomic E-state index is 0.191. The number of H-pyrrole nitrogens is 1. The number of aromatic amines is 1. The van der Waals surface area contributed by atoms with Gasteiger partial charge in [-0.15, -0.1) is 0 Å². The van der Waals surface area contributed by atoms with Crippen molar-refractivity contribution in [1.29, 1.82) is 0 Å². The molecule has 0 spiro atoms. The number of hydrogen-bond donors (Lipinski definition) is 2. The molecule has 1 aliphatic rings. The van der Waals surface area contributed by atoms with Crippen LogP contribution in [0.3, 0.4) is 0 Å². The molecule has 0 saturated carbocycles. The summed E-state index contributed by atoms with van der Waals surface area (Å²) in [5.41, 5.74) is 4.57. The summed E-state index contributed by atoms with van der Waals surface area (Å²) in [7, 11) is 1.97. The summed E-state index contributed by atoms with van der Waals surface area (Å²) in [5, 5.41) is 16.4. The number of carbonyl (C=O) groups excluding carboxylic acids is 1. The predicted molar refractivity (Wildman–Crippen MR) is 147 cm³/mol. The molecule has 1 atom stereocenters. The molecule has 4 aromatic rings. The van der Waals surface area contributed by atoms with E-state index in [-0.39, 0.29) is 18.4 Å². The van der Waals surface area contributed by atoms with E-state index in [1.807, 2.05) is 62.4 Å². The Balaban J connectivity index is 1.69. The molecule has 1 aliphatic heterocycles. The second-order valence-electron chi connectivity index (χ2n) is 9.07. The second-order valence-corrected chi connectivity index (χ2v) is 9.51. The van der Waals surface area contributed by atoms with Gasteiger partial charge in [-0.25, -0.2) is 5.01 Å². The van der Waals surface area contributed by atoms with Crippen LogP contribution in [0.5, 0.6) is 0 Å². The molecule has 184 valence electrons. The van der Waals surface area contributed by atoms with Gasteiger partial charge in [0.15, 0.2) is 0 Å². The lowest BCUT2D eigenvalue weighted by Crippen LogP contribution is -2.27. The van der Waals surface area contributed by atoms with Gasteiger partial charge in [-0.05, 0) is 29.3 Å². The number of nitrogens with one attached hydrogen (secondary N) is 1. The number of fused-ring (bicyclic) bond motifs is 1. The minimum atomic E-state index is -1.06. The van der Waals surface area contributed by atoms with E-state index in [1.165, 1.54) is 5.01 Å². The normalized spacial score (nSPS) is 15.1. The quantitative estimate of drug-likeness (QED) is 0.386. The van der Waals surface area contributed by atoms with E-state index in [2.05, 4.69) is 10.1 Å². The van der Waals surface area contributed by atoms with E-state index in [9.17, 15) is 14.4 Å². The number of aromatic nitrogens is 1. The number of carboxylic acid groups (broad SMARTS) is 1. The smallest absolute Gasteiger partial charge is 0.303 e. The van der Waals surface area contributed by atoms with E-state index in [1.54, 1.807) is 18.2 Å². The molecule has 1 amide bonds. The molecule has 0 bridgehead atoms. The van der Waals surface area contributed by atoms with Crippen LogP contribution in [0.2, 0.25) is 5.02 Å². The molecule has 7 nitrogen and oxygen atoms in total. The molecule has 1 unspecified atom stereocenters. The number of amides is 1. The van der Waals surface area contributed by atoms with Crippen LogP contribution in [-0.2, 0) is 9.59 Å². The van der Waals surface area contributed by atoms with Crippen molar-refractivity contribution in [3.63, 3.8) is 0 Å². The molecule has 0 saturated heterocycles. The molecule has 1 aromatic heterocycles. The Kier molecular flexibility index (Phi) is 6.67. The van der Waals surface area contributed by atoms with Gasteiger partial charge in [-0.1, -0.05) is 71.7 Å². The van der Waals surface area contributed by atoms with Crippen molar-refractivity contribution >= 4 is 53.4 Å². The molecule has 0 aliphatic carbocycles. The topological polar surface area (TPSA) is 103 Å². The molecule has 0 fully saturated rings. The molecule has 37 heavy (non-hydrogen) atoms. The van der Waals surface area contributed by atoms with Crippen molar-refractivity contribution in [2.24, 2.45) is 5.10 Å². The van der Waals surface area contributed by atoms with E-state index < -0.39 is 17.9 Å². The average molecular weight is 512 g/mol. The van der Waals surface area contributed by atoms with Gasteiger partial charge in [0, 0.05) is 34.3 Å². The number of carboxylic acids is 1. The Morgan fingerprint density at radius 2 is 1.76 bits per heavy atom. The Bertz CT molecular complexity index is 1600. The third-order valence-corrected chi connectivity index (χ3v) is 6.74. The van der Waals surface area contributed by atoms with Crippen LogP contribution in [0.1, 0.15) is 36.4 Å². The highest BCUT2D eigenvalue weighted by molar-refractivity contribution is 6.32. The number of rotatable bonds is 6. The number of hydrogen-bond acceptors (Lipinski definition) is 4. The van der Waals surface area contributed by atoms with Gasteiger partial charge in [0.2, 0.25) is 5.91 Å². The number of pyridine rings is 1. The Morgan fingerprint density at radius 3 is 2.46 bits per heavy atom. The second kappa shape index (κ2) is 10.1. The van der Waals surface area contributed by atoms with E-state index >= 15 is 0 Å². The van der Waals surface area contributed by atoms with Crippen LogP contribution in [-0.4, -0.2) is 40.5 Å². The third-order valence-electron chi connectivity index (χ3n) is 6.51. The molecule has 5 rings (SSSR count). The highest BCUT2D eigenvalue weighted by Crippen LogP contribution is 2.37. The molecule has 9 heteroatoms. The van der Waals surface area contributed by atoms with Crippen LogP contribution < -0.4 is 11.0 Å². The summed E-state index contributed by atoms with van der Waals surface area (Å²) in [5.74, 6) is -1.47. The summed E-state index contributed by atoms with van der Waals surface area (Å²) in [6.45, 7) is 0. The SMILES string of the molecule is Bc1ccc(C2CC(c3c(-c4ccccc4)c4cc(Cl)ccc4[nH]c3=O)=NN2C(=O)CCC(=O)O)cc1. The maximum Gasteiger partial charge on any atom is 0.303 e. The largest absolute Gasteiger partial charge is 0.481 e. The first-order valence-corrected chi connectivity index (χ1v) is 12.3. The van der Waals surface area contributed by atoms with Crippen LogP contribution in [0.25, 0.3) is 22.0 Å². The Hall–Kier alpha value is -4.17. The summed E-state index contributed by atoms with van der Waals surface area (Å²) in [6, 6.07) is 22.1. The van der Waals surface area contributed by atoms with E-state index in [0.29, 0.717) is 33.8 Å². The maximum atomic E-state index is 13.5. The summed E-state index contributed by atoms with van der Waals surface area (Å²) < 4.78 is 0. The van der Waals surface area contributed by atoms with Crippen molar-refractivity contribution in [1.82, 2.24) is 9.99 Å². The first-order valence-electron chi connectivity index (χ1n) is 11.9. The molecule has 0 radical (unpaired) electrons. The lowest BCUT2D eigenvalue weighted by Gasteiger charge is -2.22. The van der Waals surface area contributed by atoms with Crippen molar-refractivity contribution < 1.29 is 14.7 Å². The highest BCUT2D eigenvalue weighted by Gasteiger charge is 2.35. The maximum absolute atomic E-state index is 13.5. The molecule has 2 N–H and O–H groups in total.